The van der Waals surface area contributed by atoms with Crippen molar-refractivity contribution < 1.29 is 0 Å². The smallest absolute Gasteiger partial charge is 0.0400 e. The summed E-state index contributed by atoms with van der Waals surface area (Å²) in [6.07, 6.45) is 0. The molecule has 1 N–H and O–H groups in total. The summed E-state index contributed by atoms with van der Waals surface area (Å²) in [5.41, 5.74) is 3.71. The maximum atomic E-state index is 3.53. The van der Waals surface area contributed by atoms with E-state index in [1.54, 1.807) is 0 Å². The van der Waals surface area contributed by atoms with Crippen molar-refractivity contribution in [2.45, 2.75) is 13.5 Å². The molecule has 0 fully saturated rings. The molecule has 0 unspecified atom stereocenters. The molecule has 1 nitrogen and oxygen atoms in total. The molecule has 0 aliphatic rings. The zero-order chi connectivity index (χ0) is 13.9. The van der Waals surface area contributed by atoms with Crippen molar-refractivity contribution in [3.63, 3.8) is 0 Å². The van der Waals surface area contributed by atoms with Crippen molar-refractivity contribution in [3.05, 3.63) is 76.3 Å². The SMILES string of the molecule is Cc1cc(CNc2ccc3ccccc3c2)ccc1Br. The minimum absolute atomic E-state index is 0.840. The van der Waals surface area contributed by atoms with Crippen LogP contribution in [-0.2, 0) is 6.54 Å². The number of benzene rings is 3. The van der Waals surface area contributed by atoms with E-state index in [1.165, 1.54) is 21.9 Å². The molecule has 0 aliphatic heterocycles. The van der Waals surface area contributed by atoms with Gasteiger partial charge in [-0.2, -0.15) is 0 Å². The summed E-state index contributed by atoms with van der Waals surface area (Å²) < 4.78 is 1.16. The Kier molecular flexibility index (Phi) is 3.75. The number of rotatable bonds is 3. The van der Waals surface area contributed by atoms with Gasteiger partial charge in [0.15, 0.2) is 0 Å². The van der Waals surface area contributed by atoms with Crippen LogP contribution in [0, 0.1) is 6.92 Å². The zero-order valence-electron chi connectivity index (χ0n) is 11.4. The van der Waals surface area contributed by atoms with Crippen molar-refractivity contribution in [3.8, 4) is 0 Å². The lowest BCUT2D eigenvalue weighted by molar-refractivity contribution is 1.14. The number of nitrogens with one attached hydrogen (secondary N) is 1. The van der Waals surface area contributed by atoms with E-state index in [2.05, 4.69) is 88.8 Å². The van der Waals surface area contributed by atoms with Gasteiger partial charge in [0.1, 0.15) is 0 Å². The Balaban J connectivity index is 1.77. The third-order valence-electron chi connectivity index (χ3n) is 3.47. The second kappa shape index (κ2) is 5.68. The molecule has 3 rings (SSSR count). The van der Waals surface area contributed by atoms with Crippen molar-refractivity contribution >= 4 is 32.4 Å². The van der Waals surface area contributed by atoms with Gasteiger partial charge in [0, 0.05) is 16.7 Å². The Morgan fingerprint density at radius 2 is 1.70 bits per heavy atom. The Labute approximate surface area is 127 Å². The monoisotopic (exact) mass is 325 g/mol. The van der Waals surface area contributed by atoms with E-state index in [1.807, 2.05) is 0 Å². The highest BCUT2D eigenvalue weighted by Gasteiger charge is 1.99. The molecule has 0 radical (unpaired) electrons. The van der Waals surface area contributed by atoms with Gasteiger partial charge in [0.25, 0.3) is 0 Å². The van der Waals surface area contributed by atoms with E-state index in [9.17, 15) is 0 Å². The van der Waals surface area contributed by atoms with Crippen molar-refractivity contribution in [1.29, 1.82) is 0 Å². The second-order valence-electron chi connectivity index (χ2n) is 5.00. The Hall–Kier alpha value is -1.80. The lowest BCUT2D eigenvalue weighted by atomic mass is 10.1. The largest absolute Gasteiger partial charge is 0.381 e. The van der Waals surface area contributed by atoms with Crippen LogP contribution in [0.4, 0.5) is 5.69 Å². The number of halogens is 1. The van der Waals surface area contributed by atoms with Crippen molar-refractivity contribution in [2.24, 2.45) is 0 Å². The molecule has 0 aliphatic carbocycles. The quantitative estimate of drug-likeness (QED) is 0.668. The summed E-state index contributed by atoms with van der Waals surface area (Å²) in [6.45, 7) is 2.95. The molecule has 0 saturated carbocycles. The highest BCUT2D eigenvalue weighted by molar-refractivity contribution is 9.10. The molecule has 0 amide bonds. The predicted molar refractivity (Wildman–Crippen MR) is 90.2 cm³/mol. The first-order valence-electron chi connectivity index (χ1n) is 6.70. The third-order valence-corrected chi connectivity index (χ3v) is 4.36. The van der Waals surface area contributed by atoms with E-state index in [-0.39, 0.29) is 0 Å². The molecule has 3 aromatic carbocycles. The zero-order valence-corrected chi connectivity index (χ0v) is 12.9. The number of fused-ring (bicyclic) bond motifs is 1. The van der Waals surface area contributed by atoms with Crippen LogP contribution in [0.15, 0.2) is 65.1 Å². The topological polar surface area (TPSA) is 12.0 Å². The van der Waals surface area contributed by atoms with Crippen molar-refractivity contribution in [1.82, 2.24) is 0 Å². The summed E-state index contributed by atoms with van der Waals surface area (Å²) in [5, 5.41) is 6.03. The van der Waals surface area contributed by atoms with E-state index in [4.69, 9.17) is 0 Å². The number of hydrogen-bond acceptors (Lipinski definition) is 1. The molecule has 2 heteroatoms. The summed E-state index contributed by atoms with van der Waals surface area (Å²) in [5.74, 6) is 0. The van der Waals surface area contributed by atoms with Crippen LogP contribution >= 0.6 is 15.9 Å². The number of aryl methyl sites for hydroxylation is 1. The van der Waals surface area contributed by atoms with E-state index in [0.717, 1.165) is 16.7 Å². The maximum Gasteiger partial charge on any atom is 0.0400 e. The summed E-state index contributed by atoms with van der Waals surface area (Å²) in [6, 6.07) is 21.4. The highest BCUT2D eigenvalue weighted by atomic mass is 79.9. The molecule has 100 valence electrons. The van der Waals surface area contributed by atoms with Crippen LogP contribution < -0.4 is 5.32 Å². The van der Waals surface area contributed by atoms with Gasteiger partial charge in [0.05, 0.1) is 0 Å². The van der Waals surface area contributed by atoms with E-state index in [0.29, 0.717) is 0 Å². The second-order valence-corrected chi connectivity index (χ2v) is 5.85. The normalized spacial score (nSPS) is 10.7. The van der Waals surface area contributed by atoms with Gasteiger partial charge in [-0.25, -0.2) is 0 Å². The first-order chi connectivity index (χ1) is 9.72. The fraction of sp³-hybridized carbons (Fsp3) is 0.111. The first kappa shape index (κ1) is 13.2. The Morgan fingerprint density at radius 3 is 2.50 bits per heavy atom. The lowest BCUT2D eigenvalue weighted by Crippen LogP contribution is -1.99. The molecular formula is C18H16BrN. The predicted octanol–water partition coefficient (Wildman–Crippen LogP) is 5.52. The standard InChI is InChI=1S/C18H16BrN/c1-13-10-14(6-9-18(13)19)12-20-17-8-7-15-4-2-3-5-16(15)11-17/h2-11,20H,12H2,1H3. The minimum Gasteiger partial charge on any atom is -0.381 e. The average molecular weight is 326 g/mol. The fourth-order valence-electron chi connectivity index (χ4n) is 2.32. The van der Waals surface area contributed by atoms with E-state index >= 15 is 0 Å². The fourth-order valence-corrected chi connectivity index (χ4v) is 2.57. The summed E-state index contributed by atoms with van der Waals surface area (Å²) in [7, 11) is 0. The van der Waals surface area contributed by atoms with Gasteiger partial charge < -0.3 is 5.32 Å². The average Bonchev–Trinajstić information content (AvgIpc) is 2.48. The molecule has 0 saturated heterocycles. The van der Waals surface area contributed by atoms with Crippen molar-refractivity contribution in [2.75, 3.05) is 5.32 Å². The Morgan fingerprint density at radius 1 is 0.900 bits per heavy atom. The summed E-state index contributed by atoms with van der Waals surface area (Å²) >= 11 is 3.53. The Bertz CT molecular complexity index is 749. The van der Waals surface area contributed by atoms with Crippen LogP contribution in [0.1, 0.15) is 11.1 Å². The van der Waals surface area contributed by atoms with Gasteiger partial charge >= 0.3 is 0 Å². The van der Waals surface area contributed by atoms with Gasteiger partial charge in [-0.3, -0.25) is 0 Å². The number of anilines is 1. The lowest BCUT2D eigenvalue weighted by Gasteiger charge is -2.09. The minimum atomic E-state index is 0.840. The van der Waals surface area contributed by atoms with Crippen LogP contribution in [0.3, 0.4) is 0 Å². The van der Waals surface area contributed by atoms with Crippen LogP contribution in [-0.4, -0.2) is 0 Å². The van der Waals surface area contributed by atoms with Gasteiger partial charge in [0.2, 0.25) is 0 Å². The number of hydrogen-bond donors (Lipinski definition) is 1. The molecule has 0 spiro atoms. The maximum absolute atomic E-state index is 3.53. The molecule has 0 atom stereocenters. The van der Waals surface area contributed by atoms with Gasteiger partial charge in [-0.15, -0.1) is 0 Å². The van der Waals surface area contributed by atoms with Crippen LogP contribution in [0.25, 0.3) is 10.8 Å². The first-order valence-corrected chi connectivity index (χ1v) is 7.49. The molecule has 3 aromatic rings. The summed E-state index contributed by atoms with van der Waals surface area (Å²) in [4.78, 5) is 0. The molecule has 20 heavy (non-hydrogen) atoms. The van der Waals surface area contributed by atoms with Gasteiger partial charge in [-0.1, -0.05) is 58.4 Å². The molecular weight excluding hydrogens is 310 g/mol. The molecule has 0 aromatic heterocycles. The van der Waals surface area contributed by atoms with E-state index < -0.39 is 0 Å². The van der Waals surface area contributed by atoms with Crippen LogP contribution in [0.2, 0.25) is 0 Å². The van der Waals surface area contributed by atoms with Crippen LogP contribution in [0.5, 0.6) is 0 Å². The highest BCUT2D eigenvalue weighted by Crippen LogP contribution is 2.21. The molecule has 0 heterocycles. The molecule has 0 bridgehead atoms. The third kappa shape index (κ3) is 2.86. The van der Waals surface area contributed by atoms with Gasteiger partial charge in [-0.05, 0) is 47.0 Å².